The molecule has 20 heavy (non-hydrogen) atoms. The number of hydrogen-bond donors (Lipinski definition) is 1. The van der Waals surface area contributed by atoms with Gasteiger partial charge in [0.2, 0.25) is 0 Å². The lowest BCUT2D eigenvalue weighted by molar-refractivity contribution is -0.159. The van der Waals surface area contributed by atoms with Crippen molar-refractivity contribution in [2.75, 3.05) is 0 Å². The molecule has 2 atom stereocenters. The van der Waals surface area contributed by atoms with E-state index < -0.39 is 12.2 Å². The van der Waals surface area contributed by atoms with Crippen LogP contribution in [0.3, 0.4) is 0 Å². The van der Waals surface area contributed by atoms with Gasteiger partial charge in [-0.2, -0.15) is 13.2 Å². The van der Waals surface area contributed by atoms with Crippen LogP contribution in [0.25, 0.3) is 0 Å². The van der Waals surface area contributed by atoms with Crippen molar-refractivity contribution in [1.29, 1.82) is 0 Å². The molecule has 2 aromatic rings. The molecule has 0 spiro atoms. The van der Waals surface area contributed by atoms with E-state index in [2.05, 4.69) is 5.32 Å². The number of hydrogen-bond acceptors (Lipinski definition) is 1. The molecule has 0 aliphatic carbocycles. The highest BCUT2D eigenvalue weighted by molar-refractivity contribution is 5.23. The Morgan fingerprint density at radius 3 is 1.70 bits per heavy atom. The molecule has 0 amide bonds. The smallest absolute Gasteiger partial charge is 0.296 e. The number of nitrogens with one attached hydrogen (secondary N) is 1. The van der Waals surface area contributed by atoms with Crippen LogP contribution in [-0.4, -0.2) is 6.18 Å². The molecule has 0 unspecified atom stereocenters. The predicted molar refractivity (Wildman–Crippen MR) is 73.2 cm³/mol. The van der Waals surface area contributed by atoms with Crippen molar-refractivity contribution < 1.29 is 13.2 Å². The second-order valence-corrected chi connectivity index (χ2v) is 4.68. The fraction of sp³-hybridized carbons (Fsp3) is 0.250. The van der Waals surface area contributed by atoms with Gasteiger partial charge in [-0.15, -0.1) is 0 Å². The molecule has 0 aromatic heterocycles. The van der Waals surface area contributed by atoms with Crippen molar-refractivity contribution in [3.63, 3.8) is 0 Å². The van der Waals surface area contributed by atoms with E-state index in [0.29, 0.717) is 0 Å². The van der Waals surface area contributed by atoms with Crippen molar-refractivity contribution in [3.8, 4) is 0 Å². The molecule has 0 fully saturated rings. The lowest BCUT2D eigenvalue weighted by atomic mass is 10.0. The summed E-state index contributed by atoms with van der Waals surface area (Å²) in [7, 11) is 0. The summed E-state index contributed by atoms with van der Waals surface area (Å²) in [5.41, 5.74) is 1.06. The number of benzene rings is 2. The van der Waals surface area contributed by atoms with E-state index in [4.69, 9.17) is 0 Å². The molecule has 0 bridgehead atoms. The zero-order chi connectivity index (χ0) is 14.6. The summed E-state index contributed by atoms with van der Waals surface area (Å²) in [6.45, 7) is 1.73. The van der Waals surface area contributed by atoms with E-state index in [0.717, 1.165) is 5.56 Å². The van der Waals surface area contributed by atoms with Crippen molar-refractivity contribution in [2.24, 2.45) is 0 Å². The second kappa shape index (κ2) is 6.09. The van der Waals surface area contributed by atoms with E-state index in [1.54, 1.807) is 25.1 Å². The van der Waals surface area contributed by atoms with Gasteiger partial charge in [0.05, 0.1) is 0 Å². The summed E-state index contributed by atoms with van der Waals surface area (Å²) >= 11 is 0. The van der Waals surface area contributed by atoms with Gasteiger partial charge in [0, 0.05) is 6.04 Å². The quantitative estimate of drug-likeness (QED) is 0.859. The molecule has 0 saturated carbocycles. The van der Waals surface area contributed by atoms with E-state index in [9.17, 15) is 13.2 Å². The van der Waals surface area contributed by atoms with Crippen LogP contribution in [0.1, 0.15) is 30.1 Å². The fourth-order valence-corrected chi connectivity index (χ4v) is 2.11. The highest BCUT2D eigenvalue weighted by atomic mass is 19.4. The van der Waals surface area contributed by atoms with Crippen LogP contribution in [0.15, 0.2) is 60.7 Å². The summed E-state index contributed by atoms with van der Waals surface area (Å²) in [4.78, 5) is 0. The number of alkyl halides is 3. The van der Waals surface area contributed by atoms with Gasteiger partial charge in [-0.1, -0.05) is 60.7 Å². The topological polar surface area (TPSA) is 12.0 Å². The highest BCUT2D eigenvalue weighted by Gasteiger charge is 2.41. The Hall–Kier alpha value is -1.81. The summed E-state index contributed by atoms with van der Waals surface area (Å²) in [5, 5.41) is 2.66. The SMILES string of the molecule is C[C@@H](N[C@H](c1ccccc1)C(F)(F)F)c1ccccc1. The zero-order valence-corrected chi connectivity index (χ0v) is 11.1. The van der Waals surface area contributed by atoms with Gasteiger partial charge < -0.3 is 0 Å². The van der Waals surface area contributed by atoms with Crippen LogP contribution < -0.4 is 5.32 Å². The number of rotatable bonds is 4. The molecule has 106 valence electrons. The Morgan fingerprint density at radius 2 is 1.25 bits per heavy atom. The molecule has 0 radical (unpaired) electrons. The molecule has 4 heteroatoms. The minimum Gasteiger partial charge on any atom is -0.296 e. The molecule has 1 nitrogen and oxygen atoms in total. The molecule has 2 aromatic carbocycles. The summed E-state index contributed by atoms with van der Waals surface area (Å²) in [6.07, 6.45) is -4.33. The van der Waals surface area contributed by atoms with Gasteiger partial charge in [0.15, 0.2) is 0 Å². The summed E-state index contributed by atoms with van der Waals surface area (Å²) in [6, 6.07) is 15.0. The molecule has 0 aliphatic rings. The minimum atomic E-state index is -4.33. The van der Waals surface area contributed by atoms with Crippen molar-refractivity contribution in [3.05, 3.63) is 71.8 Å². The number of halogens is 3. The minimum absolute atomic E-state index is 0.225. The second-order valence-electron chi connectivity index (χ2n) is 4.68. The Morgan fingerprint density at radius 1 is 0.800 bits per heavy atom. The molecular formula is C16H16F3N. The summed E-state index contributed by atoms with van der Waals surface area (Å²) < 4.78 is 39.7. The van der Waals surface area contributed by atoms with Gasteiger partial charge >= 0.3 is 6.18 Å². The zero-order valence-electron chi connectivity index (χ0n) is 11.1. The Balaban J connectivity index is 2.22. The lowest BCUT2D eigenvalue weighted by Crippen LogP contribution is -2.35. The van der Waals surface area contributed by atoms with E-state index in [1.807, 2.05) is 30.3 Å². The van der Waals surface area contributed by atoms with Crippen molar-refractivity contribution >= 4 is 0 Å². The fourth-order valence-electron chi connectivity index (χ4n) is 2.11. The molecule has 0 saturated heterocycles. The lowest BCUT2D eigenvalue weighted by Gasteiger charge is -2.26. The maximum atomic E-state index is 13.2. The summed E-state index contributed by atoms with van der Waals surface area (Å²) in [5.74, 6) is 0. The first kappa shape index (κ1) is 14.6. The molecule has 2 rings (SSSR count). The Bertz CT molecular complexity index is 522. The molecule has 0 heterocycles. The standard InChI is InChI=1S/C16H16F3N/c1-12(13-8-4-2-5-9-13)20-15(16(17,18)19)14-10-6-3-7-11-14/h2-12,15,20H,1H3/t12-,15-/m1/s1. The van der Waals surface area contributed by atoms with Crippen molar-refractivity contribution in [2.45, 2.75) is 25.2 Å². The maximum absolute atomic E-state index is 13.2. The van der Waals surface area contributed by atoms with Gasteiger partial charge in [-0.25, -0.2) is 0 Å². The largest absolute Gasteiger partial charge is 0.407 e. The average Bonchev–Trinajstić information content (AvgIpc) is 2.45. The van der Waals surface area contributed by atoms with Gasteiger partial charge in [0.25, 0.3) is 0 Å². The predicted octanol–water partition coefficient (Wildman–Crippen LogP) is 4.64. The van der Waals surface area contributed by atoms with E-state index >= 15 is 0 Å². The average molecular weight is 279 g/mol. The van der Waals surface area contributed by atoms with Crippen LogP contribution >= 0.6 is 0 Å². The van der Waals surface area contributed by atoms with Crippen LogP contribution in [0.5, 0.6) is 0 Å². The Labute approximate surface area is 116 Å². The normalized spacial score (nSPS) is 14.8. The molecular weight excluding hydrogens is 263 g/mol. The third kappa shape index (κ3) is 3.61. The Kier molecular flexibility index (Phi) is 4.45. The van der Waals surface area contributed by atoms with Gasteiger partial charge in [0.1, 0.15) is 6.04 Å². The highest BCUT2D eigenvalue weighted by Crippen LogP contribution is 2.34. The van der Waals surface area contributed by atoms with Crippen LogP contribution in [0.4, 0.5) is 13.2 Å². The van der Waals surface area contributed by atoms with Gasteiger partial charge in [-0.05, 0) is 18.1 Å². The third-order valence-corrected chi connectivity index (χ3v) is 3.18. The van der Waals surface area contributed by atoms with E-state index in [1.165, 1.54) is 12.1 Å². The van der Waals surface area contributed by atoms with Crippen LogP contribution in [-0.2, 0) is 0 Å². The van der Waals surface area contributed by atoms with Crippen LogP contribution in [0.2, 0.25) is 0 Å². The first-order valence-corrected chi connectivity index (χ1v) is 6.41. The first-order valence-electron chi connectivity index (χ1n) is 6.41. The van der Waals surface area contributed by atoms with Crippen LogP contribution in [0, 0.1) is 0 Å². The van der Waals surface area contributed by atoms with Crippen molar-refractivity contribution in [1.82, 2.24) is 5.32 Å². The maximum Gasteiger partial charge on any atom is 0.407 e. The monoisotopic (exact) mass is 279 g/mol. The molecule has 1 N–H and O–H groups in total. The van der Waals surface area contributed by atoms with Gasteiger partial charge in [-0.3, -0.25) is 5.32 Å². The van der Waals surface area contributed by atoms with E-state index in [-0.39, 0.29) is 11.6 Å². The molecule has 0 aliphatic heterocycles. The first-order chi connectivity index (χ1) is 9.48. The third-order valence-electron chi connectivity index (χ3n) is 3.18.